The molecule has 0 spiro atoms. The highest BCUT2D eigenvalue weighted by molar-refractivity contribution is 5.84. The average molecular weight is 400 g/mol. The molecule has 3 aromatic rings. The number of aliphatic hydroxyl groups is 1. The van der Waals surface area contributed by atoms with Gasteiger partial charge in [0.05, 0.1) is 36.0 Å². The average Bonchev–Trinajstić information content (AvgIpc) is 3.18. The van der Waals surface area contributed by atoms with Gasteiger partial charge in [-0.3, -0.25) is 4.68 Å². The van der Waals surface area contributed by atoms with E-state index >= 15 is 0 Å². The lowest BCUT2D eigenvalue weighted by molar-refractivity contribution is 0.0678. The van der Waals surface area contributed by atoms with Crippen LogP contribution in [-0.4, -0.2) is 33.1 Å². The zero-order valence-electron chi connectivity index (χ0n) is 17.9. The number of aliphatic hydroxyl groups excluding tert-OH is 1. The number of fused-ring (bicyclic) bond motifs is 1. The van der Waals surface area contributed by atoms with Crippen molar-refractivity contribution in [1.29, 1.82) is 0 Å². The van der Waals surface area contributed by atoms with Crippen molar-refractivity contribution in [2.75, 3.05) is 7.11 Å². The van der Waals surface area contributed by atoms with Crippen molar-refractivity contribution in [1.82, 2.24) is 14.8 Å². The van der Waals surface area contributed by atoms with Crippen LogP contribution < -0.4 is 4.74 Å². The van der Waals surface area contributed by atoms with Crippen LogP contribution in [0.4, 0.5) is 4.39 Å². The molecule has 1 N–H and O–H groups in total. The largest absolute Gasteiger partial charge is 0.481 e. The predicted octanol–water partition coefficient (Wildman–Crippen LogP) is 5.09. The highest BCUT2D eigenvalue weighted by Crippen LogP contribution is 2.41. The Morgan fingerprint density at radius 2 is 1.90 bits per heavy atom. The van der Waals surface area contributed by atoms with Gasteiger partial charge in [-0.2, -0.15) is 5.10 Å². The molecule has 2 aromatic heterocycles. The lowest BCUT2D eigenvalue weighted by Gasteiger charge is -2.37. The minimum Gasteiger partial charge on any atom is -0.481 e. The number of methoxy groups -OCH3 is 1. The lowest BCUT2D eigenvalue weighted by Crippen LogP contribution is -2.38. The Morgan fingerprint density at radius 1 is 1.17 bits per heavy atom. The molecule has 29 heavy (non-hydrogen) atoms. The van der Waals surface area contributed by atoms with E-state index < -0.39 is 11.5 Å². The Hall–Kier alpha value is -2.47. The van der Waals surface area contributed by atoms with Crippen molar-refractivity contribution >= 4 is 10.9 Å². The van der Waals surface area contributed by atoms with E-state index in [2.05, 4.69) is 18.9 Å². The number of hydrogen-bond acceptors (Lipinski definition) is 4. The molecule has 1 atom stereocenters. The Labute approximate surface area is 171 Å². The number of benzene rings is 1. The zero-order chi connectivity index (χ0) is 21.2. The molecule has 156 valence electrons. The number of rotatable bonds is 8. The second-order valence-corrected chi connectivity index (χ2v) is 7.39. The highest BCUT2D eigenvalue weighted by Gasteiger charge is 2.38. The number of pyridine rings is 1. The van der Waals surface area contributed by atoms with Gasteiger partial charge in [0.25, 0.3) is 0 Å². The van der Waals surface area contributed by atoms with E-state index in [4.69, 9.17) is 9.72 Å². The molecule has 0 saturated heterocycles. The summed E-state index contributed by atoms with van der Waals surface area (Å²) in [6.07, 6.45) is 3.25. The van der Waals surface area contributed by atoms with Crippen molar-refractivity contribution in [3.05, 3.63) is 41.8 Å². The van der Waals surface area contributed by atoms with E-state index in [0.29, 0.717) is 35.5 Å². The van der Waals surface area contributed by atoms with Gasteiger partial charge in [0.2, 0.25) is 5.88 Å². The second-order valence-electron chi connectivity index (χ2n) is 7.39. The molecule has 0 aliphatic heterocycles. The van der Waals surface area contributed by atoms with Crippen LogP contribution in [0.5, 0.6) is 5.88 Å². The number of aromatic nitrogens is 3. The minimum absolute atomic E-state index is 0.320. The lowest BCUT2D eigenvalue weighted by atomic mass is 9.71. The monoisotopic (exact) mass is 399 g/mol. The van der Waals surface area contributed by atoms with Crippen LogP contribution in [0.1, 0.15) is 52.5 Å². The summed E-state index contributed by atoms with van der Waals surface area (Å²) >= 11 is 0. The van der Waals surface area contributed by atoms with Gasteiger partial charge in [-0.05, 0) is 44.4 Å². The summed E-state index contributed by atoms with van der Waals surface area (Å²) in [5.41, 5.74) is 2.50. The van der Waals surface area contributed by atoms with Crippen molar-refractivity contribution in [2.45, 2.75) is 65.0 Å². The Bertz CT molecular complexity index is 995. The van der Waals surface area contributed by atoms with Crippen LogP contribution >= 0.6 is 0 Å². The molecule has 2 heterocycles. The smallest absolute Gasteiger partial charge is 0.217 e. The third-order valence-corrected chi connectivity index (χ3v) is 6.18. The molecule has 0 amide bonds. The maximum Gasteiger partial charge on any atom is 0.217 e. The van der Waals surface area contributed by atoms with Crippen molar-refractivity contribution in [2.24, 2.45) is 0 Å². The molecule has 3 rings (SSSR count). The molecule has 0 aliphatic rings. The summed E-state index contributed by atoms with van der Waals surface area (Å²) in [4.78, 5) is 4.70. The van der Waals surface area contributed by atoms with Crippen LogP contribution in [0, 0.1) is 5.82 Å². The first-order valence-corrected chi connectivity index (χ1v) is 10.3. The van der Waals surface area contributed by atoms with E-state index in [1.165, 1.54) is 6.07 Å². The maximum atomic E-state index is 14.6. The maximum absolute atomic E-state index is 14.6. The van der Waals surface area contributed by atoms with Crippen LogP contribution in [0.2, 0.25) is 0 Å². The van der Waals surface area contributed by atoms with Crippen LogP contribution in [0.3, 0.4) is 0 Å². The van der Waals surface area contributed by atoms with E-state index in [-0.39, 0.29) is 5.82 Å². The molecule has 0 radical (unpaired) electrons. The van der Waals surface area contributed by atoms with E-state index in [0.717, 1.165) is 23.9 Å². The van der Waals surface area contributed by atoms with Gasteiger partial charge in [0.1, 0.15) is 5.82 Å². The molecule has 0 aliphatic carbocycles. The molecule has 5 nitrogen and oxygen atoms in total. The highest BCUT2D eigenvalue weighted by atomic mass is 19.1. The summed E-state index contributed by atoms with van der Waals surface area (Å²) in [7, 11) is 1.58. The third kappa shape index (κ3) is 3.50. The van der Waals surface area contributed by atoms with E-state index in [9.17, 15) is 9.50 Å². The SMILES string of the molecule is CCC(O)C(CC)(CC)c1ccc(-c2cc(F)c3cnn(CC)c3c2)nc1OC. The standard InChI is InChI=1S/C23H30FN3O2/c1-6-21(28)23(7-2,8-3)17-10-11-19(26-22(17)29-5)15-12-18(24)16-14-25-27(9-4)20(16)13-15/h10-14,21,28H,6-9H2,1-5H3. The first kappa shape index (κ1) is 21.2. The summed E-state index contributed by atoms with van der Waals surface area (Å²) in [6, 6.07) is 7.24. The summed E-state index contributed by atoms with van der Waals surface area (Å²) < 4.78 is 22.0. The second kappa shape index (κ2) is 8.49. The fourth-order valence-corrected chi connectivity index (χ4v) is 4.34. The fourth-order valence-electron chi connectivity index (χ4n) is 4.34. The Balaban J connectivity index is 2.15. The van der Waals surface area contributed by atoms with Gasteiger partial charge >= 0.3 is 0 Å². The van der Waals surface area contributed by atoms with Gasteiger partial charge in [-0.25, -0.2) is 9.37 Å². The molecule has 0 saturated carbocycles. The molecule has 6 heteroatoms. The minimum atomic E-state index is -0.494. The number of halogens is 1. The summed E-state index contributed by atoms with van der Waals surface area (Å²) in [5, 5.41) is 15.5. The summed E-state index contributed by atoms with van der Waals surface area (Å²) in [6.45, 7) is 8.76. The molecular formula is C23H30FN3O2. The van der Waals surface area contributed by atoms with E-state index in [1.54, 1.807) is 18.0 Å². The molecule has 0 fully saturated rings. The first-order valence-electron chi connectivity index (χ1n) is 10.3. The fraction of sp³-hybridized carbons (Fsp3) is 0.478. The van der Waals surface area contributed by atoms with Gasteiger partial charge < -0.3 is 9.84 Å². The van der Waals surface area contributed by atoms with Crippen LogP contribution in [0.15, 0.2) is 30.5 Å². The topological polar surface area (TPSA) is 60.2 Å². The van der Waals surface area contributed by atoms with Gasteiger partial charge in [0.15, 0.2) is 0 Å². The van der Waals surface area contributed by atoms with Gasteiger partial charge in [0, 0.05) is 23.1 Å². The van der Waals surface area contributed by atoms with Gasteiger partial charge in [-0.15, -0.1) is 0 Å². The van der Waals surface area contributed by atoms with Crippen LogP contribution in [0.25, 0.3) is 22.2 Å². The van der Waals surface area contributed by atoms with Crippen molar-refractivity contribution in [3.63, 3.8) is 0 Å². The first-order chi connectivity index (χ1) is 13.9. The Kier molecular flexibility index (Phi) is 6.22. The van der Waals surface area contributed by atoms with Crippen LogP contribution in [-0.2, 0) is 12.0 Å². The number of nitrogens with zero attached hydrogens (tertiary/aromatic N) is 3. The molecule has 1 aromatic carbocycles. The van der Waals surface area contributed by atoms with Gasteiger partial charge in [-0.1, -0.05) is 26.8 Å². The quantitative estimate of drug-likeness (QED) is 0.573. The van der Waals surface area contributed by atoms with Crippen molar-refractivity contribution in [3.8, 4) is 17.1 Å². The number of hydrogen-bond donors (Lipinski definition) is 1. The number of ether oxygens (including phenoxy) is 1. The normalized spacial score (nSPS) is 13.1. The molecule has 1 unspecified atom stereocenters. The van der Waals surface area contributed by atoms with Crippen molar-refractivity contribution < 1.29 is 14.2 Å². The summed E-state index contributed by atoms with van der Waals surface area (Å²) in [5.74, 6) is 0.156. The molecular weight excluding hydrogens is 369 g/mol. The zero-order valence-corrected chi connectivity index (χ0v) is 17.9. The Morgan fingerprint density at radius 3 is 2.48 bits per heavy atom. The number of aryl methyl sites for hydroxylation is 1. The predicted molar refractivity (Wildman–Crippen MR) is 114 cm³/mol. The third-order valence-electron chi connectivity index (χ3n) is 6.18. The van der Waals surface area contributed by atoms with E-state index in [1.807, 2.05) is 32.0 Å². The molecule has 0 bridgehead atoms.